The normalized spacial score (nSPS) is 18.7. The number of hydrogen-bond acceptors (Lipinski definition) is 3. The van der Waals surface area contributed by atoms with Crippen LogP contribution in [-0.4, -0.2) is 25.1 Å². The summed E-state index contributed by atoms with van der Waals surface area (Å²) in [5, 5.41) is 1.09. The Kier molecular flexibility index (Phi) is 2.81. The van der Waals surface area contributed by atoms with Gasteiger partial charge in [0.25, 0.3) is 0 Å². The molecule has 4 heteroatoms. The Morgan fingerprint density at radius 1 is 1.25 bits per heavy atom. The standard InChI is InChI=1S/C16H16BrNO2/c1-19-15-8-12(17)6-11-7-14(20-16(11)15)13-9-18-4-2-10(13)3-5-18/h6-10H,2-5H2,1H3. The number of allylic oxidation sites excluding steroid dienone is 1. The summed E-state index contributed by atoms with van der Waals surface area (Å²) in [7, 11) is 1.68. The minimum atomic E-state index is 0.648. The molecule has 3 aliphatic heterocycles. The summed E-state index contributed by atoms with van der Waals surface area (Å²) in [6.45, 7) is 2.37. The van der Waals surface area contributed by atoms with Crippen LogP contribution in [0.2, 0.25) is 0 Å². The molecule has 0 atom stereocenters. The maximum atomic E-state index is 6.10. The van der Waals surface area contributed by atoms with Crippen molar-refractivity contribution in [2.24, 2.45) is 5.92 Å². The molecule has 0 unspecified atom stereocenters. The van der Waals surface area contributed by atoms with E-state index in [0.717, 1.165) is 27.0 Å². The first-order valence-electron chi connectivity index (χ1n) is 6.98. The quantitative estimate of drug-likeness (QED) is 0.820. The summed E-state index contributed by atoms with van der Waals surface area (Å²) >= 11 is 3.52. The zero-order valence-electron chi connectivity index (χ0n) is 11.4. The van der Waals surface area contributed by atoms with Gasteiger partial charge in [-0.3, -0.25) is 0 Å². The van der Waals surface area contributed by atoms with E-state index in [1.807, 2.05) is 6.07 Å². The highest BCUT2D eigenvalue weighted by molar-refractivity contribution is 9.10. The Bertz CT molecular complexity index is 696. The first-order chi connectivity index (χ1) is 9.74. The zero-order chi connectivity index (χ0) is 13.7. The molecule has 0 saturated carbocycles. The molecule has 1 saturated heterocycles. The lowest BCUT2D eigenvalue weighted by atomic mass is 9.84. The SMILES string of the molecule is COc1cc(Br)cc2cc(C3=CN4CCC3CC4)oc12. The molecule has 0 aliphatic carbocycles. The van der Waals surface area contributed by atoms with Crippen LogP contribution >= 0.6 is 15.9 Å². The maximum Gasteiger partial charge on any atom is 0.176 e. The second kappa shape index (κ2) is 4.55. The predicted octanol–water partition coefficient (Wildman–Crippen LogP) is 4.27. The van der Waals surface area contributed by atoms with Crippen molar-refractivity contribution in [2.45, 2.75) is 12.8 Å². The smallest absolute Gasteiger partial charge is 0.176 e. The molecule has 0 radical (unpaired) electrons. The van der Waals surface area contributed by atoms with Crippen LogP contribution in [0.3, 0.4) is 0 Å². The van der Waals surface area contributed by atoms with E-state index in [4.69, 9.17) is 9.15 Å². The molecule has 0 spiro atoms. The number of halogens is 1. The lowest BCUT2D eigenvalue weighted by Gasteiger charge is -2.38. The van der Waals surface area contributed by atoms with Crippen LogP contribution in [0.5, 0.6) is 5.75 Å². The van der Waals surface area contributed by atoms with Gasteiger partial charge in [0.05, 0.1) is 7.11 Å². The van der Waals surface area contributed by atoms with Crippen LogP contribution in [0.15, 0.2) is 33.3 Å². The summed E-state index contributed by atoms with van der Waals surface area (Å²) in [5.74, 6) is 2.42. The second-order valence-corrected chi connectivity index (χ2v) is 6.45. The monoisotopic (exact) mass is 333 g/mol. The zero-order valence-corrected chi connectivity index (χ0v) is 12.9. The number of piperidine rings is 1. The van der Waals surface area contributed by atoms with Gasteiger partial charge in [0.15, 0.2) is 11.3 Å². The van der Waals surface area contributed by atoms with Gasteiger partial charge in [0.1, 0.15) is 5.76 Å². The number of rotatable bonds is 2. The number of hydrogen-bond donors (Lipinski definition) is 0. The molecule has 5 rings (SSSR count). The van der Waals surface area contributed by atoms with Crippen LogP contribution in [0.25, 0.3) is 16.5 Å². The van der Waals surface area contributed by atoms with E-state index in [1.54, 1.807) is 7.11 Å². The van der Waals surface area contributed by atoms with Crippen LogP contribution in [0, 0.1) is 5.92 Å². The molecule has 20 heavy (non-hydrogen) atoms. The van der Waals surface area contributed by atoms with Gasteiger partial charge < -0.3 is 14.1 Å². The topological polar surface area (TPSA) is 25.6 Å². The van der Waals surface area contributed by atoms with E-state index < -0.39 is 0 Å². The summed E-state index contributed by atoms with van der Waals surface area (Å²) < 4.78 is 12.5. The number of furan rings is 1. The van der Waals surface area contributed by atoms with E-state index in [9.17, 15) is 0 Å². The van der Waals surface area contributed by atoms with Crippen LogP contribution in [0.4, 0.5) is 0 Å². The van der Waals surface area contributed by atoms with Crippen LogP contribution < -0.4 is 4.74 Å². The van der Waals surface area contributed by atoms with Crippen LogP contribution in [0.1, 0.15) is 18.6 Å². The molecular weight excluding hydrogens is 318 g/mol. The summed E-state index contributed by atoms with van der Waals surface area (Å²) in [6.07, 6.45) is 4.75. The molecule has 0 N–H and O–H groups in total. The molecule has 2 bridgehead atoms. The number of nitrogens with zero attached hydrogens (tertiary/aromatic N) is 1. The maximum absolute atomic E-state index is 6.10. The van der Waals surface area contributed by atoms with Crippen molar-refractivity contribution in [3.63, 3.8) is 0 Å². The van der Waals surface area contributed by atoms with E-state index in [0.29, 0.717) is 5.92 Å². The summed E-state index contributed by atoms with van der Waals surface area (Å²) in [4.78, 5) is 2.40. The Labute approximate surface area is 126 Å². The molecule has 4 heterocycles. The molecule has 2 aromatic rings. The molecule has 1 fully saturated rings. The van der Waals surface area contributed by atoms with E-state index in [2.05, 4.69) is 39.2 Å². The van der Waals surface area contributed by atoms with Gasteiger partial charge in [-0.05, 0) is 37.0 Å². The van der Waals surface area contributed by atoms with Crippen LogP contribution in [-0.2, 0) is 0 Å². The fourth-order valence-corrected chi connectivity index (χ4v) is 3.74. The lowest BCUT2D eigenvalue weighted by Crippen LogP contribution is -2.35. The molecule has 104 valence electrons. The Morgan fingerprint density at radius 2 is 2.05 bits per heavy atom. The number of methoxy groups -OCH3 is 1. The van der Waals surface area contributed by atoms with Crippen molar-refractivity contribution >= 4 is 32.5 Å². The largest absolute Gasteiger partial charge is 0.493 e. The second-order valence-electron chi connectivity index (χ2n) is 5.53. The fourth-order valence-electron chi connectivity index (χ4n) is 3.29. The average molecular weight is 334 g/mol. The van der Waals surface area contributed by atoms with E-state index >= 15 is 0 Å². The first kappa shape index (κ1) is 12.3. The molecular formula is C16H16BrNO2. The van der Waals surface area contributed by atoms with Crippen molar-refractivity contribution in [3.05, 3.63) is 34.6 Å². The van der Waals surface area contributed by atoms with Gasteiger partial charge in [-0.1, -0.05) is 15.9 Å². The molecule has 1 aromatic heterocycles. The summed E-state index contributed by atoms with van der Waals surface area (Å²) in [6, 6.07) is 6.16. The molecule has 1 aromatic carbocycles. The highest BCUT2D eigenvalue weighted by Crippen LogP contribution is 2.41. The molecule has 3 nitrogen and oxygen atoms in total. The summed E-state index contributed by atoms with van der Waals surface area (Å²) in [5.41, 5.74) is 2.18. The minimum Gasteiger partial charge on any atom is -0.493 e. The number of fused-ring (bicyclic) bond motifs is 3. The van der Waals surface area contributed by atoms with Gasteiger partial charge in [0, 0.05) is 34.7 Å². The van der Waals surface area contributed by atoms with Gasteiger partial charge in [-0.15, -0.1) is 0 Å². The third kappa shape index (κ3) is 1.85. The molecule has 3 aliphatic rings. The van der Waals surface area contributed by atoms with Crippen molar-refractivity contribution in [3.8, 4) is 5.75 Å². The number of benzene rings is 1. The minimum absolute atomic E-state index is 0.648. The Hall–Kier alpha value is -1.42. The Balaban J connectivity index is 1.85. The van der Waals surface area contributed by atoms with Crippen molar-refractivity contribution in [1.29, 1.82) is 0 Å². The fraction of sp³-hybridized carbons (Fsp3) is 0.375. The van der Waals surface area contributed by atoms with Gasteiger partial charge in [-0.2, -0.15) is 0 Å². The predicted molar refractivity (Wildman–Crippen MR) is 82.7 cm³/mol. The first-order valence-corrected chi connectivity index (χ1v) is 7.77. The van der Waals surface area contributed by atoms with Gasteiger partial charge in [-0.25, -0.2) is 0 Å². The third-order valence-corrected chi connectivity index (χ3v) is 4.80. The Morgan fingerprint density at radius 3 is 2.70 bits per heavy atom. The lowest BCUT2D eigenvalue weighted by molar-refractivity contribution is 0.250. The van der Waals surface area contributed by atoms with Crippen molar-refractivity contribution < 1.29 is 9.15 Å². The van der Waals surface area contributed by atoms with Gasteiger partial charge >= 0.3 is 0 Å². The van der Waals surface area contributed by atoms with E-state index in [-0.39, 0.29) is 0 Å². The number of ether oxygens (including phenoxy) is 1. The third-order valence-electron chi connectivity index (χ3n) is 4.34. The highest BCUT2D eigenvalue weighted by atomic mass is 79.9. The van der Waals surface area contributed by atoms with Gasteiger partial charge in [0.2, 0.25) is 0 Å². The van der Waals surface area contributed by atoms with E-state index in [1.165, 1.54) is 31.5 Å². The van der Waals surface area contributed by atoms with Crippen molar-refractivity contribution in [2.75, 3.05) is 20.2 Å². The molecule has 0 amide bonds. The highest BCUT2D eigenvalue weighted by Gasteiger charge is 2.29. The average Bonchev–Trinajstić information content (AvgIpc) is 2.91. The van der Waals surface area contributed by atoms with Crippen molar-refractivity contribution in [1.82, 2.24) is 4.90 Å².